The fourth-order valence-corrected chi connectivity index (χ4v) is 2.04. The van der Waals surface area contributed by atoms with Crippen LogP contribution in [0.25, 0.3) is 0 Å². The number of benzene rings is 1. The topological polar surface area (TPSA) is 28.7 Å². The summed E-state index contributed by atoms with van der Waals surface area (Å²) in [5, 5.41) is 9.69. The summed E-state index contributed by atoms with van der Waals surface area (Å²) in [6, 6.07) is 11.9. The van der Waals surface area contributed by atoms with Crippen LogP contribution in [-0.4, -0.2) is 4.57 Å². The van der Waals surface area contributed by atoms with Crippen molar-refractivity contribution in [2.45, 2.75) is 16.8 Å². The van der Waals surface area contributed by atoms with Crippen molar-refractivity contribution < 1.29 is 0 Å². The molecule has 1 aromatic heterocycles. The lowest BCUT2D eigenvalue weighted by Crippen LogP contribution is -1.86. The number of aromatic nitrogens is 1. The average Bonchev–Trinajstić information content (AvgIpc) is 2.69. The van der Waals surface area contributed by atoms with Crippen molar-refractivity contribution in [2.24, 2.45) is 0 Å². The fraction of sp³-hybridized carbons (Fsp3) is 0.0833. The van der Waals surface area contributed by atoms with E-state index in [1.807, 2.05) is 12.3 Å². The molecule has 0 saturated carbocycles. The standard InChI is InChI=1S/C12H9N2S/c1-10-4-6-11(7-5-10)15-12-3-2-8-14(12)9-13/h2-7H,1H3. The summed E-state index contributed by atoms with van der Waals surface area (Å²) in [6.07, 6.45) is 4.87. The molecular formula is C12H9N2S. The van der Waals surface area contributed by atoms with E-state index in [1.165, 1.54) is 10.1 Å². The van der Waals surface area contributed by atoms with E-state index in [-0.39, 0.29) is 0 Å². The molecule has 2 rings (SSSR count). The number of hydrogen-bond acceptors (Lipinski definition) is 2. The van der Waals surface area contributed by atoms with E-state index in [4.69, 9.17) is 5.26 Å². The van der Waals surface area contributed by atoms with E-state index in [2.05, 4.69) is 37.4 Å². The Kier molecular flexibility index (Phi) is 2.79. The van der Waals surface area contributed by atoms with Crippen molar-refractivity contribution in [3.8, 4) is 6.19 Å². The van der Waals surface area contributed by atoms with Gasteiger partial charge in [0.05, 0.1) is 11.2 Å². The maximum absolute atomic E-state index is 8.80. The maximum Gasteiger partial charge on any atom is 0.189 e. The number of hydrogen-bond donors (Lipinski definition) is 0. The second kappa shape index (κ2) is 4.24. The largest absolute Gasteiger partial charge is 0.239 e. The molecule has 2 aromatic rings. The average molecular weight is 213 g/mol. The molecule has 0 spiro atoms. The van der Waals surface area contributed by atoms with E-state index >= 15 is 0 Å². The van der Waals surface area contributed by atoms with Gasteiger partial charge in [-0.3, -0.25) is 0 Å². The van der Waals surface area contributed by atoms with Crippen LogP contribution in [0, 0.1) is 24.6 Å². The molecule has 0 N–H and O–H groups in total. The van der Waals surface area contributed by atoms with E-state index in [0.29, 0.717) is 0 Å². The van der Waals surface area contributed by atoms with Crippen LogP contribution in [0.15, 0.2) is 46.3 Å². The Bertz CT molecular complexity index is 491. The molecular weight excluding hydrogens is 204 g/mol. The molecule has 2 nitrogen and oxygen atoms in total. The lowest BCUT2D eigenvalue weighted by atomic mass is 10.2. The van der Waals surface area contributed by atoms with Gasteiger partial charge in [0, 0.05) is 4.90 Å². The normalized spacial score (nSPS) is 9.87. The van der Waals surface area contributed by atoms with Gasteiger partial charge in [-0.1, -0.05) is 29.5 Å². The summed E-state index contributed by atoms with van der Waals surface area (Å²) < 4.78 is 1.44. The minimum atomic E-state index is 0.890. The lowest BCUT2D eigenvalue weighted by molar-refractivity contribution is 0.967. The van der Waals surface area contributed by atoms with Gasteiger partial charge in [0.25, 0.3) is 0 Å². The summed E-state index contributed by atoms with van der Waals surface area (Å²) in [4.78, 5) is 1.13. The molecule has 0 unspecified atom stereocenters. The molecule has 0 bridgehead atoms. The van der Waals surface area contributed by atoms with Gasteiger partial charge in [-0.2, -0.15) is 5.26 Å². The predicted molar refractivity (Wildman–Crippen MR) is 59.6 cm³/mol. The van der Waals surface area contributed by atoms with Crippen molar-refractivity contribution in [3.05, 3.63) is 48.2 Å². The fourth-order valence-electron chi connectivity index (χ4n) is 1.21. The van der Waals surface area contributed by atoms with Gasteiger partial charge >= 0.3 is 0 Å². The number of nitrogens with zero attached hydrogens (tertiary/aromatic N) is 2. The second-order valence-corrected chi connectivity index (χ2v) is 4.25. The molecule has 0 aliphatic carbocycles. The van der Waals surface area contributed by atoms with E-state index in [9.17, 15) is 0 Å². The Morgan fingerprint density at radius 2 is 2.00 bits per heavy atom. The summed E-state index contributed by atoms with van der Waals surface area (Å²) >= 11 is 1.56. The number of rotatable bonds is 2. The highest BCUT2D eigenvalue weighted by molar-refractivity contribution is 7.99. The minimum absolute atomic E-state index is 0.890. The second-order valence-electron chi connectivity index (χ2n) is 3.15. The van der Waals surface area contributed by atoms with Crippen LogP contribution in [0.5, 0.6) is 0 Å². The Labute approximate surface area is 93.2 Å². The van der Waals surface area contributed by atoms with Crippen molar-refractivity contribution >= 4 is 11.8 Å². The Morgan fingerprint density at radius 3 is 2.67 bits per heavy atom. The zero-order chi connectivity index (χ0) is 10.7. The summed E-state index contributed by atoms with van der Waals surface area (Å²) in [6.45, 7) is 2.06. The Balaban J connectivity index is 2.23. The molecule has 0 fully saturated rings. The van der Waals surface area contributed by atoms with Crippen molar-refractivity contribution in [3.63, 3.8) is 0 Å². The van der Waals surface area contributed by atoms with Crippen molar-refractivity contribution in [1.29, 1.82) is 5.26 Å². The smallest absolute Gasteiger partial charge is 0.189 e. The first kappa shape index (κ1) is 9.88. The molecule has 0 aliphatic heterocycles. The van der Waals surface area contributed by atoms with Crippen LogP contribution in [0.3, 0.4) is 0 Å². The van der Waals surface area contributed by atoms with E-state index in [1.54, 1.807) is 17.8 Å². The highest BCUT2D eigenvalue weighted by Gasteiger charge is 2.02. The molecule has 0 aliphatic rings. The first-order valence-corrected chi connectivity index (χ1v) is 5.35. The van der Waals surface area contributed by atoms with Crippen molar-refractivity contribution in [1.82, 2.24) is 4.57 Å². The van der Waals surface area contributed by atoms with Gasteiger partial charge in [-0.25, -0.2) is 4.57 Å². The molecule has 73 valence electrons. The molecule has 15 heavy (non-hydrogen) atoms. The van der Waals surface area contributed by atoms with Crippen LogP contribution < -0.4 is 0 Å². The van der Waals surface area contributed by atoms with Crippen molar-refractivity contribution in [2.75, 3.05) is 0 Å². The third-order valence-electron chi connectivity index (χ3n) is 1.99. The number of nitriles is 1. The molecule has 0 amide bonds. The van der Waals surface area contributed by atoms with Crippen LogP contribution in [0.4, 0.5) is 0 Å². The van der Waals surface area contributed by atoms with E-state index in [0.717, 1.165) is 9.92 Å². The van der Waals surface area contributed by atoms with Crippen LogP contribution in [0.1, 0.15) is 5.56 Å². The SMILES string of the molecule is Cc1ccc(Sc2cc[c]n2C#N)cc1. The summed E-state index contributed by atoms with van der Waals surface area (Å²) in [5.41, 5.74) is 1.24. The molecule has 0 atom stereocenters. The highest BCUT2D eigenvalue weighted by atomic mass is 32.2. The third kappa shape index (κ3) is 2.23. The molecule has 1 heterocycles. The summed E-state index contributed by atoms with van der Waals surface area (Å²) in [7, 11) is 0. The quantitative estimate of drug-likeness (QED) is 0.767. The monoisotopic (exact) mass is 213 g/mol. The number of aryl methyl sites for hydroxylation is 1. The zero-order valence-electron chi connectivity index (χ0n) is 8.27. The first-order valence-electron chi connectivity index (χ1n) is 4.53. The van der Waals surface area contributed by atoms with Gasteiger partial charge in [0.1, 0.15) is 0 Å². The zero-order valence-corrected chi connectivity index (χ0v) is 9.08. The Hall–Kier alpha value is -1.66. The van der Waals surface area contributed by atoms with Crippen LogP contribution in [0.2, 0.25) is 0 Å². The van der Waals surface area contributed by atoms with Gasteiger partial charge in [0.2, 0.25) is 0 Å². The summed E-state index contributed by atoms with van der Waals surface area (Å²) in [5.74, 6) is 0. The first-order chi connectivity index (χ1) is 7.29. The molecule has 0 saturated heterocycles. The van der Waals surface area contributed by atoms with Gasteiger partial charge in [-0.05, 0) is 31.2 Å². The third-order valence-corrected chi connectivity index (χ3v) is 3.03. The molecule has 1 aromatic carbocycles. The molecule has 3 heteroatoms. The van der Waals surface area contributed by atoms with Gasteiger partial charge in [-0.15, -0.1) is 0 Å². The lowest BCUT2D eigenvalue weighted by Gasteiger charge is -2.01. The minimum Gasteiger partial charge on any atom is -0.239 e. The Morgan fingerprint density at radius 1 is 1.27 bits per heavy atom. The van der Waals surface area contributed by atoms with Gasteiger partial charge < -0.3 is 0 Å². The van der Waals surface area contributed by atoms with E-state index < -0.39 is 0 Å². The highest BCUT2D eigenvalue weighted by Crippen LogP contribution is 2.27. The molecule has 1 radical (unpaired) electrons. The van der Waals surface area contributed by atoms with Gasteiger partial charge in [0.15, 0.2) is 6.19 Å². The maximum atomic E-state index is 8.80. The van der Waals surface area contributed by atoms with Crippen LogP contribution in [-0.2, 0) is 0 Å². The predicted octanol–water partition coefficient (Wildman–Crippen LogP) is 3.08. The van der Waals surface area contributed by atoms with Crippen LogP contribution >= 0.6 is 11.8 Å².